The van der Waals surface area contributed by atoms with E-state index in [1.807, 2.05) is 36.4 Å². The van der Waals surface area contributed by atoms with Crippen LogP contribution in [0.5, 0.6) is 5.75 Å². The zero-order valence-electron chi connectivity index (χ0n) is 27.2. The van der Waals surface area contributed by atoms with Gasteiger partial charge in [0.15, 0.2) is 4.67 Å². The fourth-order valence-electron chi connectivity index (χ4n) is 5.90. The van der Waals surface area contributed by atoms with Gasteiger partial charge in [-0.2, -0.15) is 0 Å². The van der Waals surface area contributed by atoms with Crippen molar-refractivity contribution in [3.63, 3.8) is 0 Å². The van der Waals surface area contributed by atoms with E-state index in [2.05, 4.69) is 31.5 Å². The highest BCUT2D eigenvalue weighted by Gasteiger charge is 2.26. The number of carbonyl (C=O) groups excluding carboxylic acids is 2. The molecule has 0 radical (unpaired) electrons. The molecular formula is C39H32BrCl2N3O6. The van der Waals surface area contributed by atoms with Crippen molar-refractivity contribution in [1.29, 1.82) is 0 Å². The van der Waals surface area contributed by atoms with E-state index in [9.17, 15) is 9.59 Å². The molecule has 0 spiro atoms. The lowest BCUT2D eigenvalue weighted by atomic mass is 10.1. The molecule has 0 bridgehead atoms. The first-order chi connectivity index (χ1) is 24.8. The number of ether oxygens (including phenoxy) is 2. The molecule has 3 aromatic carbocycles. The Morgan fingerprint density at radius 2 is 1.33 bits per heavy atom. The van der Waals surface area contributed by atoms with Gasteiger partial charge in [0.25, 0.3) is 11.8 Å². The van der Waals surface area contributed by atoms with Gasteiger partial charge in [0.1, 0.15) is 23.0 Å². The summed E-state index contributed by atoms with van der Waals surface area (Å²) in [6.07, 6.45) is 4.43. The Hall–Kier alpha value is -4.58. The second-order valence-corrected chi connectivity index (χ2v) is 13.6. The molecule has 51 heavy (non-hydrogen) atoms. The smallest absolute Gasteiger partial charge is 0.256 e. The maximum Gasteiger partial charge on any atom is 0.256 e. The van der Waals surface area contributed by atoms with Gasteiger partial charge in [-0.3, -0.25) is 14.5 Å². The summed E-state index contributed by atoms with van der Waals surface area (Å²) in [6, 6.07) is 25.8. The van der Waals surface area contributed by atoms with Crippen molar-refractivity contribution in [3.05, 3.63) is 122 Å². The highest BCUT2D eigenvalue weighted by Crippen LogP contribution is 2.37. The number of anilines is 2. The van der Waals surface area contributed by atoms with Gasteiger partial charge in [-0.25, -0.2) is 0 Å². The third-order valence-electron chi connectivity index (χ3n) is 8.45. The van der Waals surface area contributed by atoms with Crippen molar-refractivity contribution in [3.8, 4) is 17.1 Å². The summed E-state index contributed by atoms with van der Waals surface area (Å²) in [4.78, 5) is 26.7. The molecule has 9 nitrogen and oxygen atoms in total. The lowest BCUT2D eigenvalue weighted by Crippen LogP contribution is -2.37. The fraction of sp³-hybridized carbons (Fsp3) is 0.179. The molecule has 0 unspecified atom stereocenters. The number of morpholine rings is 1. The van der Waals surface area contributed by atoms with Gasteiger partial charge in [0.05, 0.1) is 31.0 Å². The molecule has 2 N–H and O–H groups in total. The summed E-state index contributed by atoms with van der Waals surface area (Å²) >= 11 is 15.3. The lowest BCUT2D eigenvalue weighted by molar-refractivity contribution is -0.111. The number of benzene rings is 3. The number of nitrogens with zero attached hydrogens (tertiary/aromatic N) is 1. The van der Waals surface area contributed by atoms with Gasteiger partial charge in [-0.1, -0.05) is 23.2 Å². The molecule has 1 saturated heterocycles. The quantitative estimate of drug-likeness (QED) is 0.119. The Kier molecular flexibility index (Phi) is 10.8. The minimum atomic E-state index is -0.166. The van der Waals surface area contributed by atoms with Crippen molar-refractivity contribution in [2.75, 3.05) is 50.1 Å². The number of furan rings is 2. The first-order valence-corrected chi connectivity index (χ1v) is 17.9. The van der Waals surface area contributed by atoms with Crippen molar-refractivity contribution < 1.29 is 27.9 Å². The molecule has 0 atom stereocenters. The number of carbonyl (C=O) groups is 2. The Balaban J connectivity index is 0.000000190. The number of hydrogen-bond donors (Lipinski definition) is 2. The van der Waals surface area contributed by atoms with Crippen molar-refractivity contribution in [1.82, 2.24) is 4.90 Å². The van der Waals surface area contributed by atoms with Crippen LogP contribution in [0.15, 0.2) is 98.4 Å². The third-order valence-corrected chi connectivity index (χ3v) is 9.35. The number of halogens is 3. The molecule has 12 heteroatoms. The number of amides is 2. The van der Waals surface area contributed by atoms with E-state index in [1.54, 1.807) is 60.7 Å². The second-order valence-electron chi connectivity index (χ2n) is 11.9. The van der Waals surface area contributed by atoms with Crippen molar-refractivity contribution in [2.45, 2.75) is 6.42 Å². The first-order valence-electron chi connectivity index (χ1n) is 16.3. The maximum atomic E-state index is 12.4. The Morgan fingerprint density at radius 3 is 1.92 bits per heavy atom. The summed E-state index contributed by atoms with van der Waals surface area (Å²) in [5.41, 5.74) is 5.12. The number of nitrogens with one attached hydrogen (secondary N) is 2. The molecular weight excluding hydrogens is 757 g/mol. The van der Waals surface area contributed by atoms with Crippen molar-refractivity contribution in [2.24, 2.45) is 0 Å². The van der Waals surface area contributed by atoms with E-state index in [0.29, 0.717) is 44.0 Å². The number of hydrogen-bond acceptors (Lipinski definition) is 7. The number of rotatable bonds is 8. The number of fused-ring (bicyclic) bond motifs is 2. The third kappa shape index (κ3) is 8.49. The van der Waals surface area contributed by atoms with E-state index in [0.717, 1.165) is 78.8 Å². The second kappa shape index (κ2) is 15.8. The molecule has 1 fully saturated rings. The van der Waals surface area contributed by atoms with Crippen LogP contribution in [-0.2, 0) is 14.3 Å². The summed E-state index contributed by atoms with van der Waals surface area (Å²) in [5.74, 6) is 2.46. The van der Waals surface area contributed by atoms with Gasteiger partial charge >= 0.3 is 0 Å². The molecule has 0 saturated carbocycles. The average molecular weight is 790 g/mol. The average Bonchev–Trinajstić information content (AvgIpc) is 3.91. The fourth-order valence-corrected chi connectivity index (χ4v) is 6.56. The van der Waals surface area contributed by atoms with E-state index >= 15 is 0 Å². The van der Waals surface area contributed by atoms with Gasteiger partial charge in [-0.05, 0) is 119 Å². The molecule has 260 valence electrons. The molecule has 2 amide bonds. The first kappa shape index (κ1) is 34.9. The van der Waals surface area contributed by atoms with Gasteiger partial charge < -0.3 is 28.9 Å². The van der Waals surface area contributed by atoms with E-state index in [4.69, 9.17) is 41.5 Å². The van der Waals surface area contributed by atoms with Gasteiger partial charge in [0, 0.05) is 57.7 Å². The maximum absolute atomic E-state index is 12.4. The van der Waals surface area contributed by atoms with Crippen LogP contribution in [0.2, 0.25) is 10.0 Å². The molecule has 2 aromatic heterocycles. The van der Waals surface area contributed by atoms with E-state index < -0.39 is 0 Å². The molecule has 0 aliphatic carbocycles. The minimum absolute atomic E-state index is 0.153. The zero-order valence-corrected chi connectivity index (χ0v) is 30.3. The molecule has 8 rings (SSSR count). The van der Waals surface area contributed by atoms with Crippen LogP contribution in [0.25, 0.3) is 34.6 Å². The van der Waals surface area contributed by atoms with Crippen LogP contribution in [0.3, 0.4) is 0 Å². The monoisotopic (exact) mass is 787 g/mol. The van der Waals surface area contributed by atoms with Gasteiger partial charge in [0.2, 0.25) is 0 Å². The Bertz CT molecular complexity index is 2130. The molecule has 3 aliphatic heterocycles. The van der Waals surface area contributed by atoms with Crippen LogP contribution >= 0.6 is 39.1 Å². The van der Waals surface area contributed by atoms with Crippen molar-refractivity contribution >= 4 is 85.6 Å². The van der Waals surface area contributed by atoms with Crippen LogP contribution in [-0.4, -0.2) is 56.2 Å². The topological polar surface area (TPSA) is 106 Å². The molecule has 5 heterocycles. The largest absolute Gasteiger partial charge is 0.494 e. The molecule has 5 aromatic rings. The van der Waals surface area contributed by atoms with Crippen LogP contribution < -0.4 is 15.4 Å². The zero-order chi connectivity index (χ0) is 35.3. The summed E-state index contributed by atoms with van der Waals surface area (Å²) < 4.78 is 23.2. The normalized spacial score (nSPS) is 16.8. The highest BCUT2D eigenvalue weighted by atomic mass is 79.9. The highest BCUT2D eigenvalue weighted by molar-refractivity contribution is 9.10. The summed E-state index contributed by atoms with van der Waals surface area (Å²) in [5, 5.41) is 6.81. The SMILES string of the molecule is O=C1Nc2ccc(Cl)cc2/C1=C/c1ccc(-c2ccc(OCCCN3CCOCC3)cc2)o1.O=C1Nc2ccc(Cl)cc2/C1=C/c1ccc(Br)o1. The summed E-state index contributed by atoms with van der Waals surface area (Å²) in [6.45, 7) is 5.36. The predicted octanol–water partition coefficient (Wildman–Crippen LogP) is 9.38. The lowest BCUT2D eigenvalue weighted by Gasteiger charge is -2.26. The predicted molar refractivity (Wildman–Crippen MR) is 204 cm³/mol. The molecule has 3 aliphatic rings. The van der Waals surface area contributed by atoms with E-state index in [-0.39, 0.29) is 11.8 Å². The van der Waals surface area contributed by atoms with E-state index in [1.165, 1.54) is 0 Å². The Labute approximate surface area is 312 Å². The standard InChI is InChI=1S/C26H25ClN2O4.C13H7BrClNO2/c27-19-4-8-24-22(16-19)23(26(30)28-24)17-21-7-9-25(33-21)18-2-5-20(6-3-18)32-13-1-10-29-11-14-31-15-12-29;14-12-4-2-8(18-12)6-10-9-5-7(15)1-3-11(9)16-13(10)17/h2-9,16-17H,1,10-15H2,(H,28,30);1-6H,(H,16,17)/b23-17-;10-6-. The van der Waals surface area contributed by atoms with Crippen LogP contribution in [0, 0.1) is 0 Å². The minimum Gasteiger partial charge on any atom is -0.494 e. The Morgan fingerprint density at radius 1 is 0.745 bits per heavy atom. The van der Waals surface area contributed by atoms with Crippen LogP contribution in [0.4, 0.5) is 11.4 Å². The van der Waals surface area contributed by atoms with Crippen LogP contribution in [0.1, 0.15) is 29.1 Å². The summed E-state index contributed by atoms with van der Waals surface area (Å²) in [7, 11) is 0. The van der Waals surface area contributed by atoms with Gasteiger partial charge in [-0.15, -0.1) is 0 Å².